The van der Waals surface area contributed by atoms with Gasteiger partial charge in [0.2, 0.25) is 0 Å². The van der Waals surface area contributed by atoms with E-state index in [0.29, 0.717) is 6.04 Å². The van der Waals surface area contributed by atoms with Crippen LogP contribution in [0.25, 0.3) is 0 Å². The predicted molar refractivity (Wildman–Crippen MR) is 71.5 cm³/mol. The molecular weight excluding hydrogens is 266 g/mol. The van der Waals surface area contributed by atoms with Crippen molar-refractivity contribution in [1.29, 1.82) is 0 Å². The lowest BCUT2D eigenvalue weighted by atomic mass is 10.1. The van der Waals surface area contributed by atoms with Crippen LogP contribution in [0, 0.1) is 0 Å². The van der Waals surface area contributed by atoms with Crippen LogP contribution in [0.4, 0.5) is 0 Å². The summed E-state index contributed by atoms with van der Waals surface area (Å²) < 4.78 is 3.24. The normalized spacial score (nSPS) is 13.0. The number of nitrogens with zero attached hydrogens (tertiary/aromatic N) is 2. The Hall–Kier alpha value is -0.350. The molecule has 0 aliphatic rings. The van der Waals surface area contributed by atoms with E-state index in [1.807, 2.05) is 6.20 Å². The van der Waals surface area contributed by atoms with Gasteiger partial charge >= 0.3 is 0 Å². The molecule has 0 spiro atoms. The predicted octanol–water partition coefficient (Wildman–Crippen LogP) is 3.51. The van der Waals surface area contributed by atoms with Crippen molar-refractivity contribution in [3.8, 4) is 0 Å². The third-order valence-corrected chi connectivity index (χ3v) is 3.24. The van der Waals surface area contributed by atoms with E-state index in [2.05, 4.69) is 51.8 Å². The van der Waals surface area contributed by atoms with Gasteiger partial charge in [-0.15, -0.1) is 0 Å². The zero-order chi connectivity index (χ0) is 12.0. The van der Waals surface area contributed by atoms with Gasteiger partial charge in [0, 0.05) is 6.54 Å². The van der Waals surface area contributed by atoms with Crippen molar-refractivity contribution in [3.05, 3.63) is 16.4 Å². The van der Waals surface area contributed by atoms with E-state index in [9.17, 15) is 0 Å². The number of hydrogen-bond donors (Lipinski definition) is 1. The van der Waals surface area contributed by atoms with Crippen molar-refractivity contribution < 1.29 is 0 Å². The molecule has 1 N–H and O–H groups in total. The summed E-state index contributed by atoms with van der Waals surface area (Å²) in [5.74, 6) is 0. The molecule has 0 aliphatic heterocycles. The fourth-order valence-corrected chi connectivity index (χ4v) is 2.55. The smallest absolute Gasteiger partial charge is 0.0695 e. The Morgan fingerprint density at radius 2 is 2.12 bits per heavy atom. The van der Waals surface area contributed by atoms with Crippen LogP contribution < -0.4 is 5.32 Å². The lowest BCUT2D eigenvalue weighted by molar-refractivity contribution is 0.453. The fraction of sp³-hybridized carbons (Fsp3) is 0.750. The van der Waals surface area contributed by atoms with Crippen molar-refractivity contribution in [1.82, 2.24) is 15.1 Å². The molecule has 3 nitrogen and oxygen atoms in total. The Labute approximate surface area is 107 Å². The van der Waals surface area contributed by atoms with Crippen LogP contribution in [-0.2, 0) is 6.54 Å². The molecule has 1 rings (SSSR count). The Balaban J connectivity index is 2.91. The molecule has 1 atom stereocenters. The average molecular weight is 288 g/mol. The van der Waals surface area contributed by atoms with Crippen molar-refractivity contribution in [2.45, 2.75) is 52.6 Å². The van der Waals surface area contributed by atoms with Crippen molar-refractivity contribution in [3.63, 3.8) is 0 Å². The van der Waals surface area contributed by atoms with E-state index < -0.39 is 0 Å². The number of rotatable bonds is 7. The highest BCUT2D eigenvalue weighted by Gasteiger charge is 2.18. The summed E-state index contributed by atoms with van der Waals surface area (Å²) in [5.41, 5.74) is 1.30. The van der Waals surface area contributed by atoms with Gasteiger partial charge in [-0.25, -0.2) is 0 Å². The minimum absolute atomic E-state index is 0.415. The van der Waals surface area contributed by atoms with Gasteiger partial charge in [0.15, 0.2) is 0 Å². The maximum absolute atomic E-state index is 4.42. The summed E-state index contributed by atoms with van der Waals surface area (Å²) in [6, 6.07) is 0.415. The molecule has 16 heavy (non-hydrogen) atoms. The van der Waals surface area contributed by atoms with Gasteiger partial charge in [-0.2, -0.15) is 5.10 Å². The van der Waals surface area contributed by atoms with Crippen LogP contribution >= 0.6 is 15.9 Å². The first-order chi connectivity index (χ1) is 7.74. The second-order valence-electron chi connectivity index (χ2n) is 4.00. The summed E-state index contributed by atoms with van der Waals surface area (Å²) in [7, 11) is 0. The van der Waals surface area contributed by atoms with E-state index in [-0.39, 0.29) is 0 Å². The molecule has 4 heteroatoms. The van der Waals surface area contributed by atoms with Crippen LogP contribution in [0.2, 0.25) is 0 Å². The van der Waals surface area contributed by atoms with Crippen LogP contribution in [0.1, 0.15) is 51.8 Å². The first-order valence-corrected chi connectivity index (χ1v) is 6.98. The number of halogens is 1. The highest BCUT2D eigenvalue weighted by atomic mass is 79.9. The maximum atomic E-state index is 4.42. The zero-order valence-electron chi connectivity index (χ0n) is 10.5. The molecule has 1 aromatic heterocycles. The minimum atomic E-state index is 0.415. The summed E-state index contributed by atoms with van der Waals surface area (Å²) in [6.45, 7) is 8.54. The Morgan fingerprint density at radius 1 is 1.38 bits per heavy atom. The molecular formula is C12H22BrN3. The molecule has 1 heterocycles. The molecule has 92 valence electrons. The van der Waals surface area contributed by atoms with Gasteiger partial charge in [0.05, 0.1) is 22.4 Å². The average Bonchev–Trinajstić information content (AvgIpc) is 2.60. The quantitative estimate of drug-likeness (QED) is 0.832. The molecule has 0 saturated carbocycles. The van der Waals surface area contributed by atoms with Gasteiger partial charge in [0.25, 0.3) is 0 Å². The third-order valence-electron chi connectivity index (χ3n) is 2.63. The molecule has 0 aromatic carbocycles. The first kappa shape index (κ1) is 13.7. The van der Waals surface area contributed by atoms with Crippen LogP contribution in [0.15, 0.2) is 10.7 Å². The number of aryl methyl sites for hydroxylation is 1. The first-order valence-electron chi connectivity index (χ1n) is 6.19. The van der Waals surface area contributed by atoms with Crippen molar-refractivity contribution in [2.75, 3.05) is 6.54 Å². The van der Waals surface area contributed by atoms with E-state index in [1.165, 1.54) is 12.1 Å². The van der Waals surface area contributed by atoms with E-state index in [4.69, 9.17) is 0 Å². The van der Waals surface area contributed by atoms with Gasteiger partial charge in [-0.3, -0.25) is 4.68 Å². The molecule has 0 bridgehead atoms. The second kappa shape index (κ2) is 7.07. The number of hydrogen-bond acceptors (Lipinski definition) is 2. The van der Waals surface area contributed by atoms with Gasteiger partial charge < -0.3 is 5.32 Å². The molecule has 1 unspecified atom stereocenters. The maximum Gasteiger partial charge on any atom is 0.0695 e. The highest BCUT2D eigenvalue weighted by Crippen LogP contribution is 2.26. The van der Waals surface area contributed by atoms with Gasteiger partial charge in [-0.1, -0.05) is 27.2 Å². The lowest BCUT2D eigenvalue weighted by Gasteiger charge is -2.19. The number of aromatic nitrogens is 2. The summed E-state index contributed by atoms with van der Waals surface area (Å²) in [4.78, 5) is 0. The molecule has 0 saturated heterocycles. The molecule has 0 radical (unpaired) electrons. The summed E-state index contributed by atoms with van der Waals surface area (Å²) in [5, 5.41) is 7.96. The summed E-state index contributed by atoms with van der Waals surface area (Å²) >= 11 is 3.60. The molecule has 0 aliphatic carbocycles. The molecule has 0 fully saturated rings. The van der Waals surface area contributed by atoms with E-state index >= 15 is 0 Å². The van der Waals surface area contributed by atoms with Crippen LogP contribution in [-0.4, -0.2) is 16.3 Å². The SMILES string of the molecule is CCCC(NCC)c1c(Br)cnn1CCC. The standard InChI is InChI=1S/C12H22BrN3/c1-4-7-11(14-6-3)12-10(13)9-15-16(12)8-5-2/h9,11,14H,4-8H2,1-3H3. The monoisotopic (exact) mass is 287 g/mol. The Bertz CT molecular complexity index is 303. The van der Waals surface area contributed by atoms with E-state index in [1.54, 1.807) is 0 Å². The highest BCUT2D eigenvalue weighted by molar-refractivity contribution is 9.10. The van der Waals surface area contributed by atoms with E-state index in [0.717, 1.165) is 30.4 Å². The van der Waals surface area contributed by atoms with Crippen molar-refractivity contribution in [2.24, 2.45) is 0 Å². The largest absolute Gasteiger partial charge is 0.309 e. The van der Waals surface area contributed by atoms with Crippen LogP contribution in [0.5, 0.6) is 0 Å². The molecule has 0 amide bonds. The van der Waals surface area contributed by atoms with Crippen LogP contribution in [0.3, 0.4) is 0 Å². The van der Waals surface area contributed by atoms with Gasteiger partial charge in [0.1, 0.15) is 0 Å². The molecule has 1 aromatic rings. The third kappa shape index (κ3) is 3.32. The zero-order valence-corrected chi connectivity index (χ0v) is 12.0. The second-order valence-corrected chi connectivity index (χ2v) is 4.85. The number of nitrogens with one attached hydrogen (secondary N) is 1. The minimum Gasteiger partial charge on any atom is -0.309 e. The Morgan fingerprint density at radius 3 is 2.69 bits per heavy atom. The topological polar surface area (TPSA) is 29.9 Å². The lowest BCUT2D eigenvalue weighted by Crippen LogP contribution is -2.24. The van der Waals surface area contributed by atoms with Gasteiger partial charge in [-0.05, 0) is 35.3 Å². The fourth-order valence-electron chi connectivity index (χ4n) is 1.98. The Kier molecular flexibility index (Phi) is 6.06. The van der Waals surface area contributed by atoms with Crippen molar-refractivity contribution >= 4 is 15.9 Å². The summed E-state index contributed by atoms with van der Waals surface area (Å²) in [6.07, 6.45) is 5.36.